The molecule has 1 rings (SSSR count). The highest BCUT2D eigenvalue weighted by atomic mass is 16.5. The van der Waals surface area contributed by atoms with E-state index in [4.69, 9.17) is 19.9 Å². The Balaban J connectivity index is 2.61. The van der Waals surface area contributed by atoms with E-state index >= 15 is 0 Å². The zero-order valence-electron chi connectivity index (χ0n) is 12.9. The van der Waals surface area contributed by atoms with Gasteiger partial charge in [0.1, 0.15) is 17.8 Å². The molecular formula is C14H25N3O5. The molecule has 1 aliphatic heterocycles. The molecule has 1 heterocycles. The van der Waals surface area contributed by atoms with Crippen molar-refractivity contribution in [3.63, 3.8) is 0 Å². The largest absolute Gasteiger partial charge is 0.499 e. The number of hydrogen-bond donors (Lipinski definition) is 3. The summed E-state index contributed by atoms with van der Waals surface area (Å²) in [5.41, 5.74) is 5.67. The molecule has 0 spiro atoms. The van der Waals surface area contributed by atoms with Gasteiger partial charge in [-0.1, -0.05) is 6.58 Å². The summed E-state index contributed by atoms with van der Waals surface area (Å²) in [4.78, 5) is 23.6. The molecule has 126 valence electrons. The predicted octanol–water partition coefficient (Wildman–Crippen LogP) is -1.10. The third-order valence-electron chi connectivity index (χ3n) is 3.16. The van der Waals surface area contributed by atoms with Gasteiger partial charge in [-0.05, 0) is 12.8 Å². The van der Waals surface area contributed by atoms with Crippen LogP contribution in [0.3, 0.4) is 0 Å². The van der Waals surface area contributed by atoms with Crippen LogP contribution in [0.5, 0.6) is 0 Å². The minimum atomic E-state index is -0.793. The van der Waals surface area contributed by atoms with Crippen LogP contribution >= 0.6 is 0 Å². The van der Waals surface area contributed by atoms with Gasteiger partial charge in [-0.3, -0.25) is 9.59 Å². The lowest BCUT2D eigenvalue weighted by atomic mass is 10.2. The molecule has 8 heteroatoms. The summed E-state index contributed by atoms with van der Waals surface area (Å²) in [6, 6.07) is -1.26. The van der Waals surface area contributed by atoms with Crippen LogP contribution in [0.4, 0.5) is 0 Å². The van der Waals surface area contributed by atoms with Crippen molar-refractivity contribution in [1.82, 2.24) is 10.6 Å². The average molecular weight is 315 g/mol. The molecule has 0 aromatic carbocycles. The number of hydrogen-bond acceptors (Lipinski definition) is 6. The van der Waals surface area contributed by atoms with Gasteiger partial charge in [0.05, 0.1) is 26.9 Å². The molecule has 2 unspecified atom stereocenters. The molecular weight excluding hydrogens is 290 g/mol. The Hall–Kier alpha value is -1.64. The van der Waals surface area contributed by atoms with Gasteiger partial charge in [0, 0.05) is 13.2 Å². The van der Waals surface area contributed by atoms with Gasteiger partial charge in [-0.2, -0.15) is 0 Å². The van der Waals surface area contributed by atoms with E-state index in [0.717, 1.165) is 12.8 Å². The van der Waals surface area contributed by atoms with Crippen molar-refractivity contribution >= 4 is 11.8 Å². The standard InChI is InChI=1S/C14H25N3O5/c1-10(20-2)12-9-22-6-4-3-5-21-8-11(15)14(19)16-7-13(18)17-12/h11-12H,1,3-9,15H2,2H3,(H,16,19)(H,17,18). The summed E-state index contributed by atoms with van der Waals surface area (Å²) in [6.07, 6.45) is 1.61. The molecule has 0 saturated carbocycles. The monoisotopic (exact) mass is 315 g/mol. The summed E-state index contributed by atoms with van der Waals surface area (Å²) in [7, 11) is 1.47. The summed E-state index contributed by atoms with van der Waals surface area (Å²) in [5, 5.41) is 5.16. The second-order valence-corrected chi connectivity index (χ2v) is 4.97. The van der Waals surface area contributed by atoms with Gasteiger partial charge in [0.15, 0.2) is 0 Å². The van der Waals surface area contributed by atoms with E-state index in [2.05, 4.69) is 17.2 Å². The van der Waals surface area contributed by atoms with E-state index in [0.29, 0.717) is 19.0 Å². The Bertz CT molecular complexity index is 389. The van der Waals surface area contributed by atoms with Crippen LogP contribution in [0, 0.1) is 0 Å². The number of carbonyl (C=O) groups is 2. The Morgan fingerprint density at radius 2 is 1.91 bits per heavy atom. The van der Waals surface area contributed by atoms with Crippen LogP contribution in [0.25, 0.3) is 0 Å². The van der Waals surface area contributed by atoms with Crippen LogP contribution < -0.4 is 16.4 Å². The van der Waals surface area contributed by atoms with E-state index in [-0.39, 0.29) is 25.7 Å². The number of ether oxygens (including phenoxy) is 3. The second kappa shape index (κ2) is 10.1. The molecule has 0 bridgehead atoms. The quantitative estimate of drug-likeness (QED) is 0.558. The third-order valence-corrected chi connectivity index (χ3v) is 3.16. The lowest BCUT2D eigenvalue weighted by Gasteiger charge is -2.20. The first-order valence-electron chi connectivity index (χ1n) is 7.25. The summed E-state index contributed by atoms with van der Waals surface area (Å²) < 4.78 is 15.9. The molecule has 22 heavy (non-hydrogen) atoms. The van der Waals surface area contributed by atoms with Gasteiger partial charge in [-0.25, -0.2) is 0 Å². The molecule has 8 nitrogen and oxygen atoms in total. The number of amides is 2. The molecule has 0 aliphatic carbocycles. The van der Waals surface area contributed by atoms with Crippen LogP contribution in [0.2, 0.25) is 0 Å². The number of rotatable bonds is 2. The molecule has 1 saturated heterocycles. The maximum atomic E-state index is 11.9. The van der Waals surface area contributed by atoms with E-state index in [1.54, 1.807) is 0 Å². The highest BCUT2D eigenvalue weighted by Gasteiger charge is 2.19. The second-order valence-electron chi connectivity index (χ2n) is 4.97. The normalized spacial score (nSPS) is 26.1. The zero-order valence-corrected chi connectivity index (χ0v) is 12.9. The highest BCUT2D eigenvalue weighted by molar-refractivity contribution is 5.87. The van der Waals surface area contributed by atoms with E-state index in [1.165, 1.54) is 7.11 Å². The third kappa shape index (κ3) is 6.88. The topological polar surface area (TPSA) is 112 Å². The molecule has 0 aromatic heterocycles. The fourth-order valence-corrected chi connectivity index (χ4v) is 1.80. The van der Waals surface area contributed by atoms with Crippen molar-refractivity contribution in [2.24, 2.45) is 5.73 Å². The van der Waals surface area contributed by atoms with Crippen molar-refractivity contribution in [2.45, 2.75) is 24.9 Å². The molecule has 0 aromatic rings. The van der Waals surface area contributed by atoms with Gasteiger partial charge in [0.2, 0.25) is 11.8 Å². The minimum Gasteiger partial charge on any atom is -0.499 e. The Morgan fingerprint density at radius 3 is 2.55 bits per heavy atom. The fraction of sp³-hybridized carbons (Fsp3) is 0.714. The SMILES string of the molecule is C=C(OC)C1COCCCCOCC(N)C(=O)NCC(=O)N1. The first kappa shape index (κ1) is 18.4. The molecule has 0 radical (unpaired) electrons. The van der Waals surface area contributed by atoms with Crippen LogP contribution in [0.1, 0.15) is 12.8 Å². The Morgan fingerprint density at radius 1 is 1.27 bits per heavy atom. The highest BCUT2D eigenvalue weighted by Crippen LogP contribution is 2.02. The van der Waals surface area contributed by atoms with E-state index < -0.39 is 18.0 Å². The first-order chi connectivity index (χ1) is 10.5. The maximum absolute atomic E-state index is 11.9. The fourth-order valence-electron chi connectivity index (χ4n) is 1.80. The number of nitrogens with two attached hydrogens (primary N) is 1. The first-order valence-corrected chi connectivity index (χ1v) is 7.25. The van der Waals surface area contributed by atoms with E-state index in [9.17, 15) is 9.59 Å². The lowest BCUT2D eigenvalue weighted by molar-refractivity contribution is -0.128. The number of nitrogens with one attached hydrogen (secondary N) is 2. The number of methoxy groups -OCH3 is 1. The smallest absolute Gasteiger partial charge is 0.240 e. The van der Waals surface area contributed by atoms with Crippen molar-refractivity contribution in [3.8, 4) is 0 Å². The van der Waals surface area contributed by atoms with Crippen molar-refractivity contribution < 1.29 is 23.8 Å². The van der Waals surface area contributed by atoms with E-state index in [1.807, 2.05) is 0 Å². The van der Waals surface area contributed by atoms with Gasteiger partial charge >= 0.3 is 0 Å². The molecule has 1 aliphatic rings. The average Bonchev–Trinajstić information content (AvgIpc) is 2.52. The van der Waals surface area contributed by atoms with Crippen molar-refractivity contribution in [2.75, 3.05) is 40.1 Å². The van der Waals surface area contributed by atoms with Crippen LogP contribution in [-0.2, 0) is 23.8 Å². The van der Waals surface area contributed by atoms with Crippen molar-refractivity contribution in [3.05, 3.63) is 12.3 Å². The molecule has 2 atom stereocenters. The molecule has 2 amide bonds. The van der Waals surface area contributed by atoms with Crippen LogP contribution in [-0.4, -0.2) is 64.0 Å². The van der Waals surface area contributed by atoms with Gasteiger partial charge < -0.3 is 30.6 Å². The molecule has 4 N–H and O–H groups in total. The Kier molecular flexibility index (Phi) is 8.49. The summed E-state index contributed by atoms with van der Waals surface area (Å²) in [5.74, 6) is -0.407. The Labute approximate surface area is 130 Å². The summed E-state index contributed by atoms with van der Waals surface area (Å²) >= 11 is 0. The van der Waals surface area contributed by atoms with Gasteiger partial charge in [-0.15, -0.1) is 0 Å². The van der Waals surface area contributed by atoms with Gasteiger partial charge in [0.25, 0.3) is 0 Å². The lowest BCUT2D eigenvalue weighted by Crippen LogP contribution is -2.49. The predicted molar refractivity (Wildman–Crippen MR) is 79.9 cm³/mol. The summed E-state index contributed by atoms with van der Waals surface area (Å²) in [6.45, 7) is 4.98. The van der Waals surface area contributed by atoms with Crippen LogP contribution in [0.15, 0.2) is 12.3 Å². The number of carbonyl (C=O) groups excluding carboxylic acids is 2. The molecule has 1 fully saturated rings. The minimum absolute atomic E-state index is 0.122. The zero-order chi connectivity index (χ0) is 16.4. The van der Waals surface area contributed by atoms with Crippen molar-refractivity contribution in [1.29, 1.82) is 0 Å². The maximum Gasteiger partial charge on any atom is 0.240 e.